The molecule has 13 heterocycles. The fourth-order valence-corrected chi connectivity index (χ4v) is 28.5. The van der Waals surface area contributed by atoms with Gasteiger partial charge in [-0.2, -0.15) is 9.97 Å². The van der Waals surface area contributed by atoms with Crippen molar-refractivity contribution in [2.75, 3.05) is 0 Å². The molecule has 0 saturated carbocycles. The van der Waals surface area contributed by atoms with Gasteiger partial charge in [0.2, 0.25) is 29.3 Å². The van der Waals surface area contributed by atoms with Crippen molar-refractivity contribution < 1.29 is 15.7 Å². The lowest BCUT2D eigenvalue weighted by Gasteiger charge is -2.12. The minimum Gasteiger partial charge on any atom is -0.437 e. The molecule has 33 rings (SSSR count). The summed E-state index contributed by atoms with van der Waals surface area (Å²) in [6, 6.07) is 130. The van der Waals surface area contributed by atoms with Gasteiger partial charge in [0.25, 0.3) is 0 Å². The molecule has 0 bridgehead atoms. The Bertz CT molecular complexity index is 11500. The average Bonchev–Trinajstić information content (AvgIpc) is 1.54. The van der Waals surface area contributed by atoms with Crippen LogP contribution in [-0.4, -0.2) is 43.6 Å². The topological polar surface area (TPSA) is 118 Å². The van der Waals surface area contributed by atoms with E-state index in [2.05, 4.69) is 319 Å². The number of fused-ring (bicyclic) bond motifs is 44. The number of hydrogen-bond acceptors (Lipinski definition) is 13. The van der Waals surface area contributed by atoms with Gasteiger partial charge in [0.1, 0.15) is 11.2 Å². The molecule has 0 unspecified atom stereocenters. The van der Waals surface area contributed by atoms with Crippen molar-refractivity contribution in [1.29, 1.82) is 0 Å². The summed E-state index contributed by atoms with van der Waals surface area (Å²) in [6.45, 7) is 0. The molecule has 140 heavy (non-hydrogen) atoms. The third-order valence-corrected chi connectivity index (χ3v) is 34.1. The van der Waals surface area contributed by atoms with Crippen LogP contribution in [0.25, 0.3) is 305 Å². The molecular formula is C124H67N9O2S5. The second-order valence-corrected chi connectivity index (χ2v) is 40.8. The number of furan rings is 2. The van der Waals surface area contributed by atoms with E-state index in [-0.39, 0.29) is 35.0 Å². The lowest BCUT2D eigenvalue weighted by atomic mass is 10.00. The summed E-state index contributed by atoms with van der Waals surface area (Å²) in [5.74, 6) is 1.58. The highest BCUT2D eigenvalue weighted by Gasteiger charge is 2.32. The SMILES string of the molecule is [2H]c1c([2H])c([2H])c(-c2nc(-n3c4ccccc4c4c5ccccc5c5sc6ccccc6c5c43)nc3oc4ccccc4c23)c([2H])c1[2H].c1ccc(-c2nc(-n3c4ccccc4c4c5ccccc5c5sc6ccccc6c5c43)nc3oc4ccccc4c23)cc1.c1ccc2c(c1)ccc1sc3c(-c4cccc5c4sc4ccccc45)nc(-n4c5ccccc5c5c6ccccc6c6sc7ccccc7c6c54)nc3c12. The highest BCUT2D eigenvalue weighted by molar-refractivity contribution is 7.29. The molecule has 0 aliphatic carbocycles. The molecule has 11 nitrogen and oxygen atoms in total. The lowest BCUT2D eigenvalue weighted by molar-refractivity contribution is 0.651. The molecule has 0 aliphatic rings. The quantitative estimate of drug-likeness (QED) is 0.162. The highest BCUT2D eigenvalue weighted by Crippen LogP contribution is 2.55. The predicted molar refractivity (Wildman–Crippen MR) is 594 cm³/mol. The normalized spacial score (nSPS) is 12.8. The third kappa shape index (κ3) is 11.2. The summed E-state index contributed by atoms with van der Waals surface area (Å²) in [6.07, 6.45) is 0. The van der Waals surface area contributed by atoms with E-state index < -0.39 is 18.1 Å². The van der Waals surface area contributed by atoms with E-state index in [9.17, 15) is 0 Å². The molecule has 0 fully saturated rings. The Kier molecular flexibility index (Phi) is 15.7. The molecule has 0 amide bonds. The number of aromatic nitrogens is 9. The third-order valence-electron chi connectivity index (χ3n) is 28.1. The van der Waals surface area contributed by atoms with E-state index in [1.54, 1.807) is 22.7 Å². The monoisotopic (exact) mass is 1880 g/mol. The molecule has 650 valence electrons. The molecule has 20 aromatic carbocycles. The van der Waals surface area contributed by atoms with Crippen LogP contribution in [0.1, 0.15) is 6.85 Å². The van der Waals surface area contributed by atoms with Crippen LogP contribution in [0.15, 0.2) is 415 Å². The van der Waals surface area contributed by atoms with Crippen molar-refractivity contribution in [3.63, 3.8) is 0 Å². The molecule has 0 radical (unpaired) electrons. The summed E-state index contributed by atoms with van der Waals surface area (Å²) in [5.41, 5.74) is 13.7. The van der Waals surface area contributed by atoms with E-state index in [0.29, 0.717) is 34.0 Å². The largest absolute Gasteiger partial charge is 0.437 e. The van der Waals surface area contributed by atoms with Crippen LogP contribution < -0.4 is 0 Å². The van der Waals surface area contributed by atoms with Gasteiger partial charge in [-0.3, -0.25) is 13.7 Å². The summed E-state index contributed by atoms with van der Waals surface area (Å²) in [4.78, 5) is 32.2. The summed E-state index contributed by atoms with van der Waals surface area (Å²) in [5, 5.41) is 30.8. The number of rotatable bonds is 6. The first-order valence-corrected chi connectivity index (χ1v) is 50.5. The van der Waals surface area contributed by atoms with Crippen LogP contribution in [0.3, 0.4) is 0 Å². The van der Waals surface area contributed by atoms with Gasteiger partial charge in [0, 0.05) is 167 Å². The van der Waals surface area contributed by atoms with Gasteiger partial charge in [0.05, 0.1) is 78.0 Å². The fourth-order valence-electron chi connectivity index (χ4n) is 22.4. The Balaban J connectivity index is 0.0000000997. The minimum atomic E-state index is -0.461. The van der Waals surface area contributed by atoms with Gasteiger partial charge in [-0.15, -0.1) is 56.7 Å². The van der Waals surface area contributed by atoms with Gasteiger partial charge in [-0.1, -0.05) is 346 Å². The van der Waals surface area contributed by atoms with Crippen molar-refractivity contribution in [2.24, 2.45) is 0 Å². The van der Waals surface area contributed by atoms with E-state index in [1.807, 2.05) is 105 Å². The maximum absolute atomic E-state index is 8.92. The van der Waals surface area contributed by atoms with Crippen molar-refractivity contribution in [2.45, 2.75) is 0 Å². The zero-order chi connectivity index (χ0) is 95.6. The van der Waals surface area contributed by atoms with Crippen LogP contribution >= 0.6 is 56.7 Å². The van der Waals surface area contributed by atoms with Crippen molar-refractivity contribution in [3.8, 4) is 51.6 Å². The lowest BCUT2D eigenvalue weighted by Crippen LogP contribution is -2.03. The molecule has 0 N–H and O–H groups in total. The standard InChI is InChI=1S/C48H25N3S3.2C38H21N3OS/c1-2-13-27-26(12-1)24-25-38-40(27)43-47(54-38)42(34-20-11-19-30-28-14-6-9-22-36(28)52-45(30)34)49-48(50-43)51-35-21-8-5-17-32(35)39-29-15-3-4-16-31(29)46-41(44(39)51)33-18-7-10-23-37(33)53-46;2*1-2-12-22(13-3-1)34-32-26-17-7-10-20-29(26)42-37(32)40-38(39-34)41-28-19-9-6-16-25(28)31-23-14-4-5-15-24(23)36-33(35(31)41)27-18-8-11-21-30(27)43-36/h1-25H;2*1-21H/i;1D,2D,3D,12D,13D;. The van der Waals surface area contributed by atoms with Crippen LogP contribution in [0.2, 0.25) is 0 Å². The van der Waals surface area contributed by atoms with Crippen LogP contribution in [0.4, 0.5) is 0 Å². The maximum atomic E-state index is 8.92. The second-order valence-electron chi connectivity index (χ2n) is 35.5. The molecule has 0 aliphatic heterocycles. The van der Waals surface area contributed by atoms with E-state index >= 15 is 0 Å². The molecule has 33 aromatic rings. The van der Waals surface area contributed by atoms with E-state index in [1.165, 1.54) is 124 Å². The van der Waals surface area contributed by atoms with Gasteiger partial charge in [-0.05, 0) is 87.6 Å². The molecule has 13 aromatic heterocycles. The zero-order valence-electron chi connectivity index (χ0n) is 78.7. The Morgan fingerprint density at radius 3 is 1.05 bits per heavy atom. The first-order chi connectivity index (χ1) is 71.6. The first-order valence-electron chi connectivity index (χ1n) is 48.9. The summed E-state index contributed by atoms with van der Waals surface area (Å²) < 4.78 is 74.8. The van der Waals surface area contributed by atoms with Crippen molar-refractivity contribution in [3.05, 3.63) is 406 Å². The average molecular weight is 1880 g/mol. The minimum absolute atomic E-state index is 0.00134. The van der Waals surface area contributed by atoms with Crippen LogP contribution in [-0.2, 0) is 0 Å². The van der Waals surface area contributed by atoms with Gasteiger partial charge in [-0.25, -0.2) is 19.9 Å². The number of nitrogens with zero attached hydrogens (tertiary/aromatic N) is 9. The number of para-hydroxylation sites is 5. The first kappa shape index (κ1) is 73.1. The number of hydrogen-bond donors (Lipinski definition) is 0. The second kappa shape index (κ2) is 30.1. The Labute approximate surface area is 821 Å². The molecule has 16 heteroatoms. The molecule has 0 spiro atoms. The molecule has 0 atom stereocenters. The van der Waals surface area contributed by atoms with E-state index in [0.717, 1.165) is 124 Å². The molecule has 0 saturated heterocycles. The van der Waals surface area contributed by atoms with Crippen molar-refractivity contribution in [1.82, 2.24) is 43.6 Å². The Hall–Kier alpha value is -17.2. The highest BCUT2D eigenvalue weighted by atomic mass is 32.1. The van der Waals surface area contributed by atoms with E-state index in [4.69, 9.17) is 45.6 Å². The zero-order valence-corrected chi connectivity index (χ0v) is 77.8. The number of thiophene rings is 5. The predicted octanol–water partition coefficient (Wildman–Crippen LogP) is 36.0. The van der Waals surface area contributed by atoms with Crippen LogP contribution in [0.5, 0.6) is 0 Å². The van der Waals surface area contributed by atoms with Gasteiger partial charge in [0.15, 0.2) is 0 Å². The van der Waals surface area contributed by atoms with Gasteiger partial charge >= 0.3 is 0 Å². The smallest absolute Gasteiger partial charge is 0.238 e. The van der Waals surface area contributed by atoms with Crippen molar-refractivity contribution >= 4 is 310 Å². The Morgan fingerprint density at radius 2 is 0.564 bits per heavy atom. The molecular weight excluding hydrogens is 1810 g/mol. The summed E-state index contributed by atoms with van der Waals surface area (Å²) >= 11 is 9.14. The fraction of sp³-hybridized carbons (Fsp3) is 0. The maximum Gasteiger partial charge on any atom is 0.238 e. The Morgan fingerprint density at radius 1 is 0.214 bits per heavy atom. The van der Waals surface area contributed by atoms with Crippen LogP contribution in [0, 0.1) is 0 Å². The number of benzene rings is 20. The van der Waals surface area contributed by atoms with Gasteiger partial charge < -0.3 is 8.83 Å². The summed E-state index contributed by atoms with van der Waals surface area (Å²) in [7, 11) is 0.